The molecule has 1 aromatic carbocycles. The van der Waals surface area contributed by atoms with Crippen LogP contribution in [0, 0.1) is 0 Å². The molecule has 3 N–H and O–H groups in total. The van der Waals surface area contributed by atoms with Gasteiger partial charge >= 0.3 is 6.01 Å². The van der Waals surface area contributed by atoms with Crippen molar-refractivity contribution in [3.63, 3.8) is 0 Å². The van der Waals surface area contributed by atoms with Crippen molar-refractivity contribution in [3.8, 4) is 11.8 Å². The number of hydrogen-bond acceptors (Lipinski definition) is 6. The fraction of sp³-hybridized carbons (Fsp3) is 0.182. The molecule has 0 unspecified atom stereocenters. The van der Waals surface area contributed by atoms with Gasteiger partial charge < -0.3 is 15.6 Å². The maximum absolute atomic E-state index is 8.80. The molecule has 0 spiro atoms. The van der Waals surface area contributed by atoms with E-state index >= 15 is 0 Å². The van der Waals surface area contributed by atoms with E-state index in [1.165, 1.54) is 0 Å². The molecule has 1 aromatic heterocycles. The van der Waals surface area contributed by atoms with E-state index in [0.717, 1.165) is 5.56 Å². The molecule has 0 aliphatic carbocycles. The molecular formula is C11H11ClN4O2. The van der Waals surface area contributed by atoms with Crippen LogP contribution in [0.5, 0.6) is 11.8 Å². The van der Waals surface area contributed by atoms with Gasteiger partial charge in [0.05, 0.1) is 0 Å². The summed E-state index contributed by atoms with van der Waals surface area (Å²) >= 11 is 5.63. The second-order valence-electron chi connectivity index (χ2n) is 3.46. The first-order valence-electron chi connectivity index (χ1n) is 5.22. The number of benzene rings is 1. The standard InChI is InChI=1S/C11H11ClN4O2/c12-9-14-10(13)16-11(15-9)18-8-3-1-7(2-4-8)5-6-17/h1-4,17H,5-6H2,(H2,13,14,15,16). The molecule has 7 heteroatoms. The Morgan fingerprint density at radius 1 is 1.17 bits per heavy atom. The quantitative estimate of drug-likeness (QED) is 0.869. The zero-order valence-corrected chi connectivity index (χ0v) is 10.1. The Hall–Kier alpha value is -1.92. The first kappa shape index (κ1) is 12.5. The Balaban J connectivity index is 2.13. The van der Waals surface area contributed by atoms with Gasteiger partial charge in [0.15, 0.2) is 0 Å². The predicted molar refractivity (Wildman–Crippen MR) is 66.6 cm³/mol. The molecule has 0 radical (unpaired) electrons. The summed E-state index contributed by atoms with van der Waals surface area (Å²) in [5, 5.41) is 8.78. The van der Waals surface area contributed by atoms with E-state index in [9.17, 15) is 0 Å². The summed E-state index contributed by atoms with van der Waals surface area (Å²) < 4.78 is 5.38. The highest BCUT2D eigenvalue weighted by Crippen LogP contribution is 2.19. The van der Waals surface area contributed by atoms with Gasteiger partial charge in [-0.2, -0.15) is 15.0 Å². The first-order chi connectivity index (χ1) is 8.67. The third-order valence-corrected chi connectivity index (χ3v) is 2.31. The van der Waals surface area contributed by atoms with Crippen molar-refractivity contribution in [1.82, 2.24) is 15.0 Å². The summed E-state index contributed by atoms with van der Waals surface area (Å²) in [7, 11) is 0. The molecule has 0 saturated carbocycles. The van der Waals surface area contributed by atoms with Crippen LogP contribution in [-0.4, -0.2) is 26.7 Å². The molecule has 0 aliphatic heterocycles. The van der Waals surface area contributed by atoms with Gasteiger partial charge in [0, 0.05) is 6.61 Å². The molecule has 1 heterocycles. The molecule has 2 aromatic rings. The van der Waals surface area contributed by atoms with Crippen molar-refractivity contribution in [3.05, 3.63) is 35.1 Å². The number of hydrogen-bond donors (Lipinski definition) is 2. The van der Waals surface area contributed by atoms with Gasteiger partial charge in [0.2, 0.25) is 11.2 Å². The van der Waals surface area contributed by atoms with Crippen molar-refractivity contribution in [2.45, 2.75) is 6.42 Å². The Morgan fingerprint density at radius 3 is 2.50 bits per heavy atom. The van der Waals surface area contributed by atoms with Crippen LogP contribution in [0.15, 0.2) is 24.3 Å². The van der Waals surface area contributed by atoms with E-state index in [1.807, 2.05) is 12.1 Å². The third kappa shape index (κ3) is 3.28. The molecule has 94 valence electrons. The number of ether oxygens (including phenoxy) is 1. The van der Waals surface area contributed by atoms with Crippen LogP contribution >= 0.6 is 11.6 Å². The maximum Gasteiger partial charge on any atom is 0.328 e. The number of aliphatic hydroxyl groups is 1. The van der Waals surface area contributed by atoms with Gasteiger partial charge in [-0.05, 0) is 35.7 Å². The van der Waals surface area contributed by atoms with Gasteiger partial charge in [0.1, 0.15) is 5.75 Å². The Morgan fingerprint density at radius 2 is 1.89 bits per heavy atom. The molecule has 0 saturated heterocycles. The lowest BCUT2D eigenvalue weighted by molar-refractivity contribution is 0.299. The minimum atomic E-state index is -0.0191. The van der Waals surface area contributed by atoms with Crippen molar-refractivity contribution in [2.75, 3.05) is 12.3 Å². The van der Waals surface area contributed by atoms with Crippen LogP contribution in [-0.2, 0) is 6.42 Å². The Kier molecular flexibility index (Phi) is 3.91. The fourth-order valence-corrected chi connectivity index (χ4v) is 1.51. The number of anilines is 1. The van der Waals surface area contributed by atoms with E-state index in [-0.39, 0.29) is 23.8 Å². The minimum absolute atomic E-state index is 0.00176. The highest BCUT2D eigenvalue weighted by atomic mass is 35.5. The lowest BCUT2D eigenvalue weighted by Gasteiger charge is -2.05. The van der Waals surface area contributed by atoms with Gasteiger partial charge in [-0.1, -0.05) is 12.1 Å². The predicted octanol–water partition coefficient (Wildman–Crippen LogP) is 1.43. The van der Waals surface area contributed by atoms with E-state index in [1.54, 1.807) is 12.1 Å². The van der Waals surface area contributed by atoms with E-state index in [2.05, 4.69) is 15.0 Å². The first-order valence-corrected chi connectivity index (χ1v) is 5.60. The topological polar surface area (TPSA) is 94.2 Å². The second-order valence-corrected chi connectivity index (χ2v) is 3.80. The molecule has 0 bridgehead atoms. The number of rotatable bonds is 4. The van der Waals surface area contributed by atoms with Crippen molar-refractivity contribution >= 4 is 17.5 Å². The van der Waals surface area contributed by atoms with Crippen LogP contribution in [0.3, 0.4) is 0 Å². The van der Waals surface area contributed by atoms with E-state index in [0.29, 0.717) is 12.2 Å². The maximum atomic E-state index is 8.80. The normalized spacial score (nSPS) is 10.3. The number of aromatic nitrogens is 3. The van der Waals surface area contributed by atoms with Crippen molar-refractivity contribution in [1.29, 1.82) is 0 Å². The molecule has 0 aliphatic rings. The molecule has 2 rings (SSSR count). The highest BCUT2D eigenvalue weighted by Gasteiger charge is 2.05. The minimum Gasteiger partial charge on any atom is -0.424 e. The molecule has 0 atom stereocenters. The van der Waals surface area contributed by atoms with E-state index < -0.39 is 0 Å². The van der Waals surface area contributed by atoms with Gasteiger partial charge in [-0.3, -0.25) is 0 Å². The number of nitrogens with zero attached hydrogens (tertiary/aromatic N) is 3. The van der Waals surface area contributed by atoms with Crippen LogP contribution in [0.1, 0.15) is 5.56 Å². The zero-order chi connectivity index (χ0) is 13.0. The lowest BCUT2D eigenvalue weighted by Crippen LogP contribution is -2.00. The summed E-state index contributed by atoms with van der Waals surface area (Å²) in [5.74, 6) is 0.556. The zero-order valence-electron chi connectivity index (χ0n) is 9.38. The molecule has 0 amide bonds. The van der Waals surface area contributed by atoms with Gasteiger partial charge in [0.25, 0.3) is 0 Å². The molecule has 6 nitrogen and oxygen atoms in total. The fourth-order valence-electron chi connectivity index (χ4n) is 1.35. The summed E-state index contributed by atoms with van der Waals surface area (Å²) in [6.07, 6.45) is 0.602. The summed E-state index contributed by atoms with van der Waals surface area (Å²) in [4.78, 5) is 11.2. The summed E-state index contributed by atoms with van der Waals surface area (Å²) in [5.41, 5.74) is 6.43. The van der Waals surface area contributed by atoms with Crippen molar-refractivity contribution < 1.29 is 9.84 Å². The Labute approximate surface area is 108 Å². The smallest absolute Gasteiger partial charge is 0.328 e. The van der Waals surface area contributed by atoms with Crippen LogP contribution in [0.25, 0.3) is 0 Å². The highest BCUT2D eigenvalue weighted by molar-refractivity contribution is 6.28. The number of halogens is 1. The van der Waals surface area contributed by atoms with Gasteiger partial charge in [-0.15, -0.1) is 0 Å². The van der Waals surface area contributed by atoms with Gasteiger partial charge in [-0.25, -0.2) is 0 Å². The third-order valence-electron chi connectivity index (χ3n) is 2.14. The summed E-state index contributed by atoms with van der Waals surface area (Å²) in [6.45, 7) is 0.111. The van der Waals surface area contributed by atoms with E-state index in [4.69, 9.17) is 27.2 Å². The largest absolute Gasteiger partial charge is 0.424 e. The molecule has 18 heavy (non-hydrogen) atoms. The average Bonchev–Trinajstić information content (AvgIpc) is 2.31. The number of nitrogens with two attached hydrogens (primary N) is 1. The average molecular weight is 267 g/mol. The monoisotopic (exact) mass is 266 g/mol. The van der Waals surface area contributed by atoms with Crippen LogP contribution in [0.2, 0.25) is 5.28 Å². The molecular weight excluding hydrogens is 256 g/mol. The second kappa shape index (κ2) is 5.61. The molecule has 0 fully saturated rings. The van der Waals surface area contributed by atoms with Crippen LogP contribution < -0.4 is 10.5 Å². The number of aliphatic hydroxyl groups excluding tert-OH is 1. The Bertz CT molecular complexity index is 513. The van der Waals surface area contributed by atoms with Crippen molar-refractivity contribution in [2.24, 2.45) is 0 Å². The SMILES string of the molecule is Nc1nc(Cl)nc(Oc2ccc(CCO)cc2)n1. The van der Waals surface area contributed by atoms with Crippen LogP contribution in [0.4, 0.5) is 5.95 Å². The lowest BCUT2D eigenvalue weighted by atomic mass is 10.1. The number of nitrogen functional groups attached to an aromatic ring is 1. The summed E-state index contributed by atoms with van der Waals surface area (Å²) in [6, 6.07) is 7.23.